The summed E-state index contributed by atoms with van der Waals surface area (Å²) in [4.78, 5) is 13.5. The molecule has 1 aliphatic rings. The van der Waals surface area contributed by atoms with Gasteiger partial charge in [-0.25, -0.2) is 13.2 Å². The minimum absolute atomic E-state index is 0.139. The molecular formula is C17H18N2O5S. The molecule has 0 amide bonds. The summed E-state index contributed by atoms with van der Waals surface area (Å²) in [7, 11) is -0.584. The summed E-state index contributed by atoms with van der Waals surface area (Å²) in [6.07, 6.45) is 0. The number of rotatable bonds is 4. The van der Waals surface area contributed by atoms with Gasteiger partial charge in [0.15, 0.2) is 0 Å². The van der Waals surface area contributed by atoms with Gasteiger partial charge in [-0.1, -0.05) is 0 Å². The Morgan fingerprint density at radius 3 is 2.60 bits per heavy atom. The Kier molecular flexibility index (Phi) is 4.54. The molecule has 8 heteroatoms. The van der Waals surface area contributed by atoms with E-state index in [9.17, 15) is 13.2 Å². The molecule has 0 radical (unpaired) electrons. The van der Waals surface area contributed by atoms with Crippen LogP contribution in [0, 0.1) is 0 Å². The number of sulfonamides is 1. The molecule has 1 aliphatic heterocycles. The Balaban J connectivity index is 1.85. The van der Waals surface area contributed by atoms with Crippen LogP contribution in [0.4, 0.5) is 11.4 Å². The van der Waals surface area contributed by atoms with Gasteiger partial charge in [-0.3, -0.25) is 4.72 Å². The van der Waals surface area contributed by atoms with Crippen LogP contribution in [0.25, 0.3) is 0 Å². The third-order valence-electron chi connectivity index (χ3n) is 3.89. The van der Waals surface area contributed by atoms with E-state index in [-0.39, 0.29) is 4.90 Å². The van der Waals surface area contributed by atoms with Gasteiger partial charge >= 0.3 is 5.97 Å². The topological polar surface area (TPSA) is 84.9 Å². The lowest BCUT2D eigenvalue weighted by Crippen LogP contribution is -2.29. The van der Waals surface area contributed by atoms with E-state index in [2.05, 4.69) is 9.46 Å². The highest BCUT2D eigenvalue weighted by Gasteiger charge is 2.21. The smallest absolute Gasteiger partial charge is 0.337 e. The van der Waals surface area contributed by atoms with Crippen molar-refractivity contribution < 1.29 is 22.7 Å². The Morgan fingerprint density at radius 2 is 1.92 bits per heavy atom. The molecule has 0 spiro atoms. The number of benzene rings is 2. The highest BCUT2D eigenvalue weighted by molar-refractivity contribution is 7.92. The molecule has 0 fully saturated rings. The van der Waals surface area contributed by atoms with E-state index >= 15 is 0 Å². The first-order valence-corrected chi connectivity index (χ1v) is 9.08. The van der Waals surface area contributed by atoms with E-state index in [4.69, 9.17) is 4.74 Å². The Bertz CT molecular complexity index is 894. The second-order valence-corrected chi connectivity index (χ2v) is 7.26. The fraction of sp³-hybridized carbons (Fsp3) is 0.235. The van der Waals surface area contributed by atoms with Crippen LogP contribution in [0.15, 0.2) is 47.4 Å². The third kappa shape index (κ3) is 3.53. The lowest BCUT2D eigenvalue weighted by atomic mass is 10.2. The lowest BCUT2D eigenvalue weighted by Gasteiger charge is -2.28. The normalized spacial score (nSPS) is 13.6. The predicted molar refractivity (Wildman–Crippen MR) is 93.8 cm³/mol. The number of ether oxygens (including phenoxy) is 2. The summed E-state index contributed by atoms with van der Waals surface area (Å²) in [6.45, 7) is 1.26. The molecule has 3 rings (SSSR count). The van der Waals surface area contributed by atoms with Crippen molar-refractivity contribution in [2.75, 3.05) is 36.9 Å². The minimum Gasteiger partial charge on any atom is -0.490 e. The molecule has 0 aromatic heterocycles. The summed E-state index contributed by atoms with van der Waals surface area (Å²) in [5.41, 5.74) is 1.43. The van der Waals surface area contributed by atoms with E-state index in [1.807, 2.05) is 11.9 Å². The second kappa shape index (κ2) is 6.64. The van der Waals surface area contributed by atoms with E-state index in [0.717, 1.165) is 5.69 Å². The van der Waals surface area contributed by atoms with Crippen molar-refractivity contribution in [3.05, 3.63) is 48.0 Å². The quantitative estimate of drug-likeness (QED) is 0.839. The second-order valence-electron chi connectivity index (χ2n) is 5.57. The molecule has 0 aliphatic carbocycles. The molecule has 1 heterocycles. The Hall–Kier alpha value is -2.74. The number of nitrogens with one attached hydrogen (secondary N) is 1. The number of methoxy groups -OCH3 is 1. The number of likely N-dealkylation sites (N-methyl/N-ethyl adjacent to an activating group) is 1. The van der Waals surface area contributed by atoms with Crippen LogP contribution in [0.5, 0.6) is 5.75 Å². The number of hydrogen-bond donors (Lipinski definition) is 1. The SMILES string of the molecule is COC(=O)c1ccc(NS(=O)(=O)c2ccc3c(c2)N(C)CCO3)cc1. The molecule has 0 saturated heterocycles. The van der Waals surface area contributed by atoms with Crippen LogP contribution in [0.3, 0.4) is 0 Å². The van der Waals surface area contributed by atoms with Gasteiger partial charge in [-0.05, 0) is 42.5 Å². The van der Waals surface area contributed by atoms with Crippen molar-refractivity contribution in [1.82, 2.24) is 0 Å². The first kappa shape index (κ1) is 17.1. The highest BCUT2D eigenvalue weighted by atomic mass is 32.2. The summed E-state index contributed by atoms with van der Waals surface area (Å²) in [6, 6.07) is 10.8. The van der Waals surface area contributed by atoms with Crippen molar-refractivity contribution in [3.63, 3.8) is 0 Å². The van der Waals surface area contributed by atoms with Gasteiger partial charge in [0.05, 0.1) is 29.8 Å². The van der Waals surface area contributed by atoms with Crippen LogP contribution in [0.1, 0.15) is 10.4 Å². The fourth-order valence-electron chi connectivity index (χ4n) is 2.50. The molecule has 132 valence electrons. The zero-order valence-corrected chi connectivity index (χ0v) is 14.7. The number of esters is 1. The molecule has 7 nitrogen and oxygen atoms in total. The molecular weight excluding hydrogens is 344 g/mol. The van der Waals surface area contributed by atoms with Crippen molar-refractivity contribution in [3.8, 4) is 5.75 Å². The molecule has 25 heavy (non-hydrogen) atoms. The summed E-state index contributed by atoms with van der Waals surface area (Å²) in [5, 5.41) is 0. The van der Waals surface area contributed by atoms with Crippen molar-refractivity contribution in [2.45, 2.75) is 4.90 Å². The number of carbonyl (C=O) groups excluding carboxylic acids is 1. The Labute approximate surface area is 146 Å². The van der Waals surface area contributed by atoms with Crippen LogP contribution < -0.4 is 14.4 Å². The predicted octanol–water partition coefficient (Wildman–Crippen LogP) is 2.10. The van der Waals surface area contributed by atoms with Gasteiger partial charge in [-0.15, -0.1) is 0 Å². The van der Waals surface area contributed by atoms with Gasteiger partial charge in [0, 0.05) is 12.7 Å². The van der Waals surface area contributed by atoms with E-state index in [1.54, 1.807) is 12.1 Å². The molecule has 2 aromatic rings. The number of fused-ring (bicyclic) bond motifs is 1. The molecule has 0 atom stereocenters. The van der Waals surface area contributed by atoms with Crippen LogP contribution >= 0.6 is 0 Å². The Morgan fingerprint density at radius 1 is 1.20 bits per heavy atom. The van der Waals surface area contributed by atoms with Crippen LogP contribution in [-0.2, 0) is 14.8 Å². The van der Waals surface area contributed by atoms with Gasteiger partial charge in [0.2, 0.25) is 0 Å². The van der Waals surface area contributed by atoms with Gasteiger partial charge in [0.1, 0.15) is 12.4 Å². The fourth-order valence-corrected chi connectivity index (χ4v) is 3.58. The summed E-state index contributed by atoms with van der Waals surface area (Å²) < 4.78 is 37.9. The number of anilines is 2. The van der Waals surface area contributed by atoms with E-state index < -0.39 is 16.0 Å². The standard InChI is InChI=1S/C17H18N2O5S/c1-19-9-10-24-16-8-7-14(11-15(16)19)25(21,22)18-13-5-3-12(4-6-13)17(20)23-2/h3-8,11,18H,9-10H2,1-2H3. The first-order valence-electron chi connectivity index (χ1n) is 7.60. The van der Waals surface area contributed by atoms with Gasteiger partial charge < -0.3 is 14.4 Å². The monoisotopic (exact) mass is 362 g/mol. The van der Waals surface area contributed by atoms with Crippen LogP contribution in [-0.4, -0.2) is 41.7 Å². The van der Waals surface area contributed by atoms with Gasteiger partial charge in [-0.2, -0.15) is 0 Å². The number of nitrogens with zero attached hydrogens (tertiary/aromatic N) is 1. The molecule has 0 saturated carbocycles. The summed E-state index contributed by atoms with van der Waals surface area (Å²) >= 11 is 0. The molecule has 0 bridgehead atoms. The number of hydrogen-bond acceptors (Lipinski definition) is 6. The maximum atomic E-state index is 12.6. The van der Waals surface area contributed by atoms with Crippen molar-refractivity contribution in [2.24, 2.45) is 0 Å². The maximum absolute atomic E-state index is 12.6. The first-order chi connectivity index (χ1) is 11.9. The third-order valence-corrected chi connectivity index (χ3v) is 5.27. The van der Waals surface area contributed by atoms with Crippen LogP contribution in [0.2, 0.25) is 0 Å². The largest absolute Gasteiger partial charge is 0.490 e. The van der Waals surface area contributed by atoms with Gasteiger partial charge in [0.25, 0.3) is 10.0 Å². The van der Waals surface area contributed by atoms with E-state index in [1.165, 1.54) is 37.4 Å². The average Bonchev–Trinajstić information content (AvgIpc) is 2.61. The lowest BCUT2D eigenvalue weighted by molar-refractivity contribution is 0.0601. The minimum atomic E-state index is -3.76. The average molecular weight is 362 g/mol. The molecule has 1 N–H and O–H groups in total. The molecule has 2 aromatic carbocycles. The molecule has 0 unspecified atom stereocenters. The van der Waals surface area contributed by atoms with Crippen molar-refractivity contribution >= 4 is 27.4 Å². The zero-order valence-electron chi connectivity index (χ0n) is 13.9. The summed E-state index contributed by atoms with van der Waals surface area (Å²) in [5.74, 6) is 0.183. The highest BCUT2D eigenvalue weighted by Crippen LogP contribution is 2.33. The zero-order chi connectivity index (χ0) is 18.0. The van der Waals surface area contributed by atoms with Crippen molar-refractivity contribution in [1.29, 1.82) is 0 Å². The van der Waals surface area contributed by atoms with E-state index in [0.29, 0.717) is 30.2 Å². The number of carbonyl (C=O) groups is 1. The maximum Gasteiger partial charge on any atom is 0.337 e.